The Kier molecular flexibility index (Phi) is 3.19. The van der Waals surface area contributed by atoms with Gasteiger partial charge in [-0.15, -0.1) is 0 Å². The van der Waals surface area contributed by atoms with Crippen molar-refractivity contribution in [3.8, 4) is 5.82 Å². The van der Waals surface area contributed by atoms with Gasteiger partial charge in [0.05, 0.1) is 22.1 Å². The minimum absolute atomic E-state index is 0.637. The Hall–Kier alpha value is -1.36. The van der Waals surface area contributed by atoms with Crippen LogP contribution in [0.5, 0.6) is 0 Å². The van der Waals surface area contributed by atoms with Gasteiger partial charge in [-0.05, 0) is 47.8 Å². The van der Waals surface area contributed by atoms with Crippen molar-refractivity contribution in [1.82, 2.24) is 14.8 Å². The first kappa shape index (κ1) is 12.1. The first-order valence-corrected chi connectivity index (χ1v) is 6.30. The fraction of sp³-hybridized carbons (Fsp3) is 0.333. The molecule has 0 saturated carbocycles. The van der Waals surface area contributed by atoms with Gasteiger partial charge in [-0.2, -0.15) is 5.10 Å². The first-order chi connectivity index (χ1) is 8.04. The predicted molar refractivity (Wildman–Crippen MR) is 72.3 cm³/mol. The minimum Gasteiger partial charge on any atom is -0.397 e. The Labute approximate surface area is 109 Å². The second-order valence-corrected chi connectivity index (χ2v) is 4.84. The van der Waals surface area contributed by atoms with Crippen LogP contribution < -0.4 is 5.73 Å². The lowest BCUT2D eigenvalue weighted by molar-refractivity contribution is 0.801. The minimum atomic E-state index is 0.637. The molecule has 0 bridgehead atoms. The molecule has 0 unspecified atom stereocenters. The van der Waals surface area contributed by atoms with E-state index in [4.69, 9.17) is 5.73 Å². The number of aromatic nitrogens is 3. The van der Waals surface area contributed by atoms with Crippen LogP contribution in [0.3, 0.4) is 0 Å². The van der Waals surface area contributed by atoms with Gasteiger partial charge in [0, 0.05) is 5.69 Å². The number of anilines is 1. The number of aryl methyl sites for hydroxylation is 1. The lowest BCUT2D eigenvalue weighted by Crippen LogP contribution is -2.04. The number of hydrogen-bond donors (Lipinski definition) is 1. The van der Waals surface area contributed by atoms with E-state index in [2.05, 4.69) is 39.9 Å². The highest BCUT2D eigenvalue weighted by molar-refractivity contribution is 9.10. The third kappa shape index (κ3) is 2.07. The summed E-state index contributed by atoms with van der Waals surface area (Å²) in [7, 11) is 0. The lowest BCUT2D eigenvalue weighted by atomic mass is 10.1. The molecule has 0 fully saturated rings. The van der Waals surface area contributed by atoms with E-state index in [1.54, 1.807) is 6.20 Å². The Bertz CT molecular complexity index is 560. The van der Waals surface area contributed by atoms with Crippen molar-refractivity contribution in [2.75, 3.05) is 5.73 Å². The summed E-state index contributed by atoms with van der Waals surface area (Å²) < 4.78 is 2.71. The number of nitrogens with two attached hydrogens (primary N) is 1. The Balaban J connectivity index is 2.61. The van der Waals surface area contributed by atoms with E-state index in [-0.39, 0.29) is 0 Å². The number of pyridine rings is 1. The smallest absolute Gasteiger partial charge is 0.168 e. The highest BCUT2D eigenvalue weighted by Crippen LogP contribution is 2.24. The fourth-order valence-electron chi connectivity index (χ4n) is 1.99. The molecule has 0 spiro atoms. The molecule has 0 aliphatic rings. The van der Waals surface area contributed by atoms with Gasteiger partial charge in [0.15, 0.2) is 5.82 Å². The second-order valence-electron chi connectivity index (χ2n) is 3.99. The molecule has 5 heteroatoms. The van der Waals surface area contributed by atoms with E-state index in [9.17, 15) is 0 Å². The van der Waals surface area contributed by atoms with Gasteiger partial charge in [0.1, 0.15) is 0 Å². The zero-order valence-electron chi connectivity index (χ0n) is 10.2. The number of halogens is 1. The van der Waals surface area contributed by atoms with Gasteiger partial charge >= 0.3 is 0 Å². The van der Waals surface area contributed by atoms with E-state index in [0.29, 0.717) is 5.69 Å². The first-order valence-electron chi connectivity index (χ1n) is 5.51. The van der Waals surface area contributed by atoms with Crippen LogP contribution in [0.2, 0.25) is 0 Å². The SMILES string of the molecule is CCc1c(C)nn(-c2ncc(N)cc2Br)c1C. The van der Waals surface area contributed by atoms with Crippen molar-refractivity contribution < 1.29 is 0 Å². The number of rotatable bonds is 2. The second kappa shape index (κ2) is 4.49. The molecule has 0 aliphatic carbocycles. The van der Waals surface area contributed by atoms with Gasteiger partial charge in [0.2, 0.25) is 0 Å². The molecule has 17 heavy (non-hydrogen) atoms. The maximum atomic E-state index is 5.68. The zero-order chi connectivity index (χ0) is 12.6. The normalized spacial score (nSPS) is 10.8. The van der Waals surface area contributed by atoms with Crippen molar-refractivity contribution in [2.45, 2.75) is 27.2 Å². The summed E-state index contributed by atoms with van der Waals surface area (Å²) in [5.41, 5.74) is 9.77. The summed E-state index contributed by atoms with van der Waals surface area (Å²) in [6, 6.07) is 1.84. The molecule has 0 saturated heterocycles. The Morgan fingerprint density at radius 1 is 1.41 bits per heavy atom. The van der Waals surface area contributed by atoms with Crippen molar-refractivity contribution in [1.29, 1.82) is 0 Å². The zero-order valence-corrected chi connectivity index (χ0v) is 11.7. The van der Waals surface area contributed by atoms with E-state index >= 15 is 0 Å². The van der Waals surface area contributed by atoms with Gasteiger partial charge in [-0.25, -0.2) is 9.67 Å². The quantitative estimate of drug-likeness (QED) is 0.927. The summed E-state index contributed by atoms with van der Waals surface area (Å²) in [4.78, 5) is 4.33. The van der Waals surface area contributed by atoms with Crippen molar-refractivity contribution in [3.05, 3.63) is 33.7 Å². The molecule has 90 valence electrons. The molecule has 0 radical (unpaired) electrons. The third-order valence-corrected chi connectivity index (χ3v) is 3.42. The largest absolute Gasteiger partial charge is 0.397 e. The van der Waals surface area contributed by atoms with Crippen LogP contribution in [0.15, 0.2) is 16.7 Å². The number of nitrogens with zero attached hydrogens (tertiary/aromatic N) is 3. The van der Waals surface area contributed by atoms with E-state index in [1.807, 2.05) is 17.7 Å². The average molecular weight is 295 g/mol. The topological polar surface area (TPSA) is 56.7 Å². The fourth-order valence-corrected chi connectivity index (χ4v) is 2.53. The van der Waals surface area contributed by atoms with Gasteiger partial charge in [-0.3, -0.25) is 0 Å². The van der Waals surface area contributed by atoms with Crippen LogP contribution in [0.4, 0.5) is 5.69 Å². The van der Waals surface area contributed by atoms with E-state index in [1.165, 1.54) is 5.56 Å². The molecule has 2 aromatic heterocycles. The molecule has 2 aromatic rings. The van der Waals surface area contributed by atoms with Crippen LogP contribution in [0, 0.1) is 13.8 Å². The van der Waals surface area contributed by atoms with Crippen LogP contribution in [-0.2, 0) is 6.42 Å². The molecular weight excluding hydrogens is 280 g/mol. The van der Waals surface area contributed by atoms with Crippen molar-refractivity contribution in [2.24, 2.45) is 0 Å². The summed E-state index contributed by atoms with van der Waals surface area (Å²) >= 11 is 3.47. The average Bonchev–Trinajstić information content (AvgIpc) is 2.54. The molecule has 2 N–H and O–H groups in total. The van der Waals surface area contributed by atoms with Crippen LogP contribution >= 0.6 is 15.9 Å². The monoisotopic (exact) mass is 294 g/mol. The highest BCUT2D eigenvalue weighted by atomic mass is 79.9. The van der Waals surface area contributed by atoms with E-state index in [0.717, 1.165) is 28.1 Å². The molecular formula is C12H15BrN4. The number of hydrogen-bond acceptors (Lipinski definition) is 3. The molecule has 4 nitrogen and oxygen atoms in total. The highest BCUT2D eigenvalue weighted by Gasteiger charge is 2.14. The number of nitrogen functional groups attached to an aromatic ring is 1. The summed E-state index contributed by atoms with van der Waals surface area (Å²) in [6.45, 7) is 6.21. The van der Waals surface area contributed by atoms with Crippen molar-refractivity contribution >= 4 is 21.6 Å². The Morgan fingerprint density at radius 2 is 2.12 bits per heavy atom. The van der Waals surface area contributed by atoms with Crippen LogP contribution in [0.25, 0.3) is 5.82 Å². The molecule has 0 amide bonds. The lowest BCUT2D eigenvalue weighted by Gasteiger charge is -2.06. The van der Waals surface area contributed by atoms with Crippen LogP contribution in [-0.4, -0.2) is 14.8 Å². The predicted octanol–water partition coefficient (Wildman–Crippen LogP) is 2.79. The van der Waals surface area contributed by atoms with E-state index < -0.39 is 0 Å². The molecule has 0 aliphatic heterocycles. The van der Waals surface area contributed by atoms with Gasteiger partial charge in [-0.1, -0.05) is 6.92 Å². The van der Waals surface area contributed by atoms with Gasteiger partial charge in [0.25, 0.3) is 0 Å². The van der Waals surface area contributed by atoms with Gasteiger partial charge < -0.3 is 5.73 Å². The maximum Gasteiger partial charge on any atom is 0.168 e. The van der Waals surface area contributed by atoms with Crippen LogP contribution in [0.1, 0.15) is 23.9 Å². The third-order valence-electron chi connectivity index (χ3n) is 2.84. The maximum absolute atomic E-state index is 5.68. The standard InChI is InChI=1S/C12H15BrN4/c1-4-10-7(2)16-17(8(10)3)12-11(13)5-9(14)6-15-12/h5-6H,4,14H2,1-3H3. The molecule has 0 atom stereocenters. The van der Waals surface area contributed by atoms with Crippen molar-refractivity contribution in [3.63, 3.8) is 0 Å². The molecule has 2 heterocycles. The Morgan fingerprint density at radius 3 is 2.65 bits per heavy atom. The summed E-state index contributed by atoms with van der Waals surface area (Å²) in [6.07, 6.45) is 2.62. The molecule has 2 rings (SSSR count). The summed E-state index contributed by atoms with van der Waals surface area (Å²) in [5, 5.41) is 4.53. The molecule has 0 aromatic carbocycles. The summed E-state index contributed by atoms with van der Waals surface area (Å²) in [5.74, 6) is 0.777.